The number of halogens is 2. The fourth-order valence-electron chi connectivity index (χ4n) is 1.88. The highest BCUT2D eigenvalue weighted by molar-refractivity contribution is 7.16. The minimum absolute atomic E-state index is 0.483. The van der Waals surface area contributed by atoms with E-state index in [0.717, 1.165) is 20.2 Å². The van der Waals surface area contributed by atoms with Gasteiger partial charge in [0, 0.05) is 9.90 Å². The molecule has 0 spiro atoms. The number of benzene rings is 1. The molecular formula is C12H9Cl2N3S. The Hall–Kier alpha value is -1.23. The van der Waals surface area contributed by atoms with Crippen molar-refractivity contribution in [1.29, 1.82) is 0 Å². The first-order chi connectivity index (χ1) is 8.63. The van der Waals surface area contributed by atoms with Gasteiger partial charge in [-0.1, -0.05) is 23.2 Å². The van der Waals surface area contributed by atoms with Gasteiger partial charge in [-0.05, 0) is 30.3 Å². The van der Waals surface area contributed by atoms with Crippen LogP contribution in [0.15, 0.2) is 30.3 Å². The first kappa shape index (κ1) is 11.8. The summed E-state index contributed by atoms with van der Waals surface area (Å²) in [5.41, 5.74) is 7.72. The van der Waals surface area contributed by atoms with Gasteiger partial charge in [0.1, 0.15) is 0 Å². The first-order valence-corrected chi connectivity index (χ1v) is 6.86. The van der Waals surface area contributed by atoms with E-state index in [-0.39, 0.29) is 0 Å². The molecule has 3 nitrogen and oxygen atoms in total. The molecule has 0 atom stereocenters. The number of hydrogen-bond acceptors (Lipinski definition) is 3. The molecule has 3 rings (SSSR count). The monoisotopic (exact) mass is 297 g/mol. The van der Waals surface area contributed by atoms with Crippen molar-refractivity contribution >= 4 is 51.5 Å². The lowest BCUT2D eigenvalue weighted by Gasteiger charge is -2.04. The quantitative estimate of drug-likeness (QED) is 0.776. The third-order valence-electron chi connectivity index (χ3n) is 2.68. The molecule has 0 fully saturated rings. The van der Waals surface area contributed by atoms with Crippen molar-refractivity contribution in [1.82, 2.24) is 9.55 Å². The third kappa shape index (κ3) is 2.07. The Morgan fingerprint density at radius 2 is 2.06 bits per heavy atom. The van der Waals surface area contributed by atoms with Gasteiger partial charge in [0.15, 0.2) is 0 Å². The standard InChI is InChI=1S/C12H9Cl2N3S/c13-7-1-3-10-9(5-7)16-12(15)17(10)6-8-2-4-11(14)18-8/h1-5H,6H2,(H2,15,16). The average molecular weight is 298 g/mol. The number of thiophene rings is 1. The molecule has 92 valence electrons. The van der Waals surface area contributed by atoms with Crippen LogP contribution in [0.1, 0.15) is 4.88 Å². The van der Waals surface area contributed by atoms with Crippen LogP contribution in [0.4, 0.5) is 5.95 Å². The smallest absolute Gasteiger partial charge is 0.201 e. The molecule has 2 aromatic heterocycles. The lowest BCUT2D eigenvalue weighted by molar-refractivity contribution is 0.853. The molecule has 0 aliphatic carbocycles. The normalized spacial score (nSPS) is 11.2. The number of nitrogen functional groups attached to an aromatic ring is 1. The van der Waals surface area contributed by atoms with Crippen molar-refractivity contribution in [3.63, 3.8) is 0 Å². The van der Waals surface area contributed by atoms with E-state index in [1.807, 2.05) is 34.9 Å². The van der Waals surface area contributed by atoms with Gasteiger partial charge in [-0.3, -0.25) is 0 Å². The van der Waals surface area contributed by atoms with E-state index in [4.69, 9.17) is 28.9 Å². The largest absolute Gasteiger partial charge is 0.369 e. The number of nitrogens with two attached hydrogens (primary N) is 1. The second-order valence-electron chi connectivity index (χ2n) is 3.90. The van der Waals surface area contributed by atoms with Crippen molar-refractivity contribution in [2.45, 2.75) is 6.54 Å². The summed E-state index contributed by atoms with van der Waals surface area (Å²) in [5.74, 6) is 0.483. The van der Waals surface area contributed by atoms with Gasteiger partial charge in [0.25, 0.3) is 0 Å². The topological polar surface area (TPSA) is 43.8 Å². The van der Waals surface area contributed by atoms with Gasteiger partial charge in [-0.2, -0.15) is 0 Å². The summed E-state index contributed by atoms with van der Waals surface area (Å²) >= 11 is 13.4. The molecule has 18 heavy (non-hydrogen) atoms. The van der Waals surface area contributed by atoms with Crippen LogP contribution in [0.5, 0.6) is 0 Å². The maximum atomic E-state index is 5.94. The predicted octanol–water partition coefficient (Wildman–Crippen LogP) is 4.04. The van der Waals surface area contributed by atoms with E-state index in [1.54, 1.807) is 11.3 Å². The highest BCUT2D eigenvalue weighted by Gasteiger charge is 2.09. The number of aromatic nitrogens is 2. The Labute approximate surface area is 118 Å². The zero-order valence-corrected chi connectivity index (χ0v) is 11.6. The lowest BCUT2D eigenvalue weighted by Crippen LogP contribution is -2.03. The van der Waals surface area contributed by atoms with Crippen LogP contribution in [0.3, 0.4) is 0 Å². The van der Waals surface area contributed by atoms with Gasteiger partial charge in [-0.15, -0.1) is 11.3 Å². The minimum Gasteiger partial charge on any atom is -0.369 e. The molecule has 0 unspecified atom stereocenters. The van der Waals surface area contributed by atoms with Crippen molar-refractivity contribution in [2.75, 3.05) is 5.73 Å². The van der Waals surface area contributed by atoms with E-state index >= 15 is 0 Å². The summed E-state index contributed by atoms with van der Waals surface area (Å²) < 4.78 is 2.73. The Balaban J connectivity index is 2.08. The summed E-state index contributed by atoms with van der Waals surface area (Å²) in [5, 5.41) is 0.659. The summed E-state index contributed by atoms with van der Waals surface area (Å²) in [7, 11) is 0. The molecular weight excluding hydrogens is 289 g/mol. The maximum absolute atomic E-state index is 5.94. The second-order valence-corrected chi connectivity index (χ2v) is 6.13. The summed E-state index contributed by atoms with van der Waals surface area (Å²) in [4.78, 5) is 5.44. The van der Waals surface area contributed by atoms with Crippen LogP contribution in [0.25, 0.3) is 11.0 Å². The van der Waals surface area contributed by atoms with Crippen LogP contribution in [0.2, 0.25) is 9.36 Å². The number of fused-ring (bicyclic) bond motifs is 1. The number of imidazole rings is 1. The Bertz CT molecular complexity index is 717. The Kier molecular flexibility index (Phi) is 2.93. The molecule has 0 bridgehead atoms. The molecule has 0 saturated heterocycles. The summed E-state index contributed by atoms with van der Waals surface area (Å²) in [6.07, 6.45) is 0. The zero-order chi connectivity index (χ0) is 12.7. The van der Waals surface area contributed by atoms with E-state index in [9.17, 15) is 0 Å². The van der Waals surface area contributed by atoms with Crippen molar-refractivity contribution in [3.8, 4) is 0 Å². The summed E-state index contributed by atoms with van der Waals surface area (Å²) in [6.45, 7) is 0.668. The van der Waals surface area contributed by atoms with Crippen LogP contribution < -0.4 is 5.73 Å². The number of hydrogen-bond donors (Lipinski definition) is 1. The predicted molar refractivity (Wildman–Crippen MR) is 77.6 cm³/mol. The van der Waals surface area contributed by atoms with Crippen molar-refractivity contribution < 1.29 is 0 Å². The molecule has 0 aliphatic rings. The zero-order valence-electron chi connectivity index (χ0n) is 9.23. The molecule has 3 aromatic rings. The molecule has 2 N–H and O–H groups in total. The highest BCUT2D eigenvalue weighted by Crippen LogP contribution is 2.26. The molecule has 6 heteroatoms. The van der Waals surface area contributed by atoms with Crippen LogP contribution in [0, 0.1) is 0 Å². The molecule has 1 aromatic carbocycles. The third-order valence-corrected chi connectivity index (χ3v) is 4.13. The fraction of sp³-hybridized carbons (Fsp3) is 0.0833. The van der Waals surface area contributed by atoms with Gasteiger partial charge in [0.05, 0.1) is 21.9 Å². The van der Waals surface area contributed by atoms with Gasteiger partial charge in [0.2, 0.25) is 5.95 Å². The van der Waals surface area contributed by atoms with Gasteiger partial charge in [-0.25, -0.2) is 4.98 Å². The molecule has 0 amide bonds. The summed E-state index contributed by atoms with van der Waals surface area (Å²) in [6, 6.07) is 9.45. The van der Waals surface area contributed by atoms with E-state index in [2.05, 4.69) is 4.98 Å². The molecule has 0 aliphatic heterocycles. The SMILES string of the molecule is Nc1nc2cc(Cl)ccc2n1Cc1ccc(Cl)s1. The van der Waals surface area contributed by atoms with Crippen molar-refractivity contribution in [3.05, 3.63) is 44.6 Å². The number of nitrogens with zero attached hydrogens (tertiary/aromatic N) is 2. The van der Waals surface area contributed by atoms with Gasteiger partial charge < -0.3 is 10.3 Å². The lowest BCUT2D eigenvalue weighted by atomic mass is 10.3. The first-order valence-electron chi connectivity index (χ1n) is 5.29. The van der Waals surface area contributed by atoms with E-state index in [1.165, 1.54) is 0 Å². The molecule has 0 radical (unpaired) electrons. The average Bonchev–Trinajstić information content (AvgIpc) is 2.84. The van der Waals surface area contributed by atoms with Crippen molar-refractivity contribution in [2.24, 2.45) is 0 Å². The molecule has 0 saturated carbocycles. The number of anilines is 1. The second kappa shape index (κ2) is 4.46. The minimum atomic E-state index is 0.483. The maximum Gasteiger partial charge on any atom is 0.201 e. The molecule has 2 heterocycles. The Morgan fingerprint density at radius 3 is 2.78 bits per heavy atom. The van der Waals surface area contributed by atoms with Crippen LogP contribution in [-0.4, -0.2) is 9.55 Å². The highest BCUT2D eigenvalue weighted by atomic mass is 35.5. The van der Waals surface area contributed by atoms with Crippen LogP contribution in [-0.2, 0) is 6.54 Å². The Morgan fingerprint density at radius 1 is 1.22 bits per heavy atom. The van der Waals surface area contributed by atoms with Crippen LogP contribution >= 0.6 is 34.5 Å². The van der Waals surface area contributed by atoms with E-state index in [0.29, 0.717) is 17.5 Å². The van der Waals surface area contributed by atoms with E-state index < -0.39 is 0 Å². The fourth-order valence-corrected chi connectivity index (χ4v) is 3.12. The van der Waals surface area contributed by atoms with Gasteiger partial charge >= 0.3 is 0 Å². The number of rotatable bonds is 2.